The lowest BCUT2D eigenvalue weighted by molar-refractivity contribution is 0.399. The Balaban J connectivity index is 1.51. The van der Waals surface area contributed by atoms with Crippen LogP contribution in [0, 0.1) is 6.92 Å². The van der Waals surface area contributed by atoms with Gasteiger partial charge in [-0.2, -0.15) is 0 Å². The largest absolute Gasteiger partial charge is 0.420 e. The van der Waals surface area contributed by atoms with Crippen LogP contribution in [0.1, 0.15) is 38.0 Å². The fourth-order valence-electron chi connectivity index (χ4n) is 3.03. The Kier molecular flexibility index (Phi) is 5.28. The van der Waals surface area contributed by atoms with E-state index in [1.165, 1.54) is 10.5 Å². The fourth-order valence-corrected chi connectivity index (χ4v) is 3.76. The van der Waals surface area contributed by atoms with Gasteiger partial charge in [0.2, 0.25) is 5.89 Å². The second-order valence-corrected chi connectivity index (χ2v) is 8.94. The molecular weight excluding hydrogens is 382 g/mol. The summed E-state index contributed by atoms with van der Waals surface area (Å²) in [6.45, 7) is 8.49. The molecule has 2 aromatic heterocycles. The maximum atomic E-state index is 5.93. The predicted octanol–water partition coefficient (Wildman–Crippen LogP) is 6.29. The highest BCUT2D eigenvalue weighted by Crippen LogP contribution is 2.34. The van der Waals surface area contributed by atoms with Crippen LogP contribution >= 0.6 is 11.8 Å². The lowest BCUT2D eigenvalue weighted by Crippen LogP contribution is -2.10. The summed E-state index contributed by atoms with van der Waals surface area (Å²) < 4.78 is 11.3. The first-order chi connectivity index (χ1) is 13.9. The zero-order chi connectivity index (χ0) is 20.4. The lowest BCUT2D eigenvalue weighted by Gasteiger charge is -2.18. The molecule has 6 heteroatoms. The predicted molar refractivity (Wildman–Crippen MR) is 115 cm³/mol. The third-order valence-electron chi connectivity index (χ3n) is 4.67. The van der Waals surface area contributed by atoms with Crippen molar-refractivity contribution in [2.24, 2.45) is 0 Å². The molecule has 0 N–H and O–H groups in total. The maximum Gasteiger partial charge on any atom is 0.253 e. The van der Waals surface area contributed by atoms with E-state index in [0.29, 0.717) is 29.0 Å². The summed E-state index contributed by atoms with van der Waals surface area (Å²) in [5.41, 5.74) is 3.88. The van der Waals surface area contributed by atoms with E-state index in [2.05, 4.69) is 60.4 Å². The van der Waals surface area contributed by atoms with Gasteiger partial charge in [0.15, 0.2) is 0 Å². The second kappa shape index (κ2) is 7.87. The van der Waals surface area contributed by atoms with Crippen LogP contribution in [0.4, 0.5) is 0 Å². The summed E-state index contributed by atoms with van der Waals surface area (Å²) >= 11 is 1.67. The first kappa shape index (κ1) is 19.5. The number of rotatable bonds is 5. The van der Waals surface area contributed by atoms with Crippen LogP contribution in [0.5, 0.6) is 0 Å². The van der Waals surface area contributed by atoms with Crippen molar-refractivity contribution in [2.45, 2.75) is 43.8 Å². The number of hydrogen-bond acceptors (Lipinski definition) is 6. The Morgan fingerprint density at radius 2 is 1.66 bits per heavy atom. The number of nitrogens with zero attached hydrogens (tertiary/aromatic N) is 3. The number of thioether (sulfide) groups is 1. The summed E-state index contributed by atoms with van der Waals surface area (Å²) in [7, 11) is 0. The van der Waals surface area contributed by atoms with Gasteiger partial charge in [0, 0.05) is 10.5 Å². The van der Waals surface area contributed by atoms with Gasteiger partial charge in [-0.25, -0.2) is 0 Å². The minimum Gasteiger partial charge on any atom is -0.420 e. The first-order valence-electron chi connectivity index (χ1n) is 9.49. The molecule has 0 saturated carbocycles. The van der Waals surface area contributed by atoms with Gasteiger partial charge in [-0.3, -0.25) is 0 Å². The first-order valence-corrected chi connectivity index (χ1v) is 10.5. The van der Waals surface area contributed by atoms with Gasteiger partial charge in [0.25, 0.3) is 5.89 Å². The van der Waals surface area contributed by atoms with E-state index in [1.807, 2.05) is 37.3 Å². The van der Waals surface area contributed by atoms with E-state index in [-0.39, 0.29) is 5.41 Å². The standard InChI is InChI=1S/C23H23N3O2S/c1-15-20(21(26-28-15)16-8-6-5-7-9-16)22-25-24-19(27-22)14-29-18-12-10-17(11-13-18)23(2,3)4/h5-13H,14H2,1-4H3. The minimum absolute atomic E-state index is 0.150. The van der Waals surface area contributed by atoms with E-state index < -0.39 is 0 Å². The van der Waals surface area contributed by atoms with Crippen LogP contribution in [-0.4, -0.2) is 15.4 Å². The van der Waals surface area contributed by atoms with E-state index in [0.717, 1.165) is 11.1 Å². The van der Waals surface area contributed by atoms with Gasteiger partial charge in [0.1, 0.15) is 17.0 Å². The molecule has 5 nitrogen and oxygen atoms in total. The van der Waals surface area contributed by atoms with Gasteiger partial charge in [0.05, 0.1) is 5.75 Å². The number of hydrogen-bond donors (Lipinski definition) is 0. The summed E-state index contributed by atoms with van der Waals surface area (Å²) in [4.78, 5) is 1.17. The minimum atomic E-state index is 0.150. The highest BCUT2D eigenvalue weighted by atomic mass is 32.2. The Morgan fingerprint density at radius 3 is 2.34 bits per heavy atom. The molecule has 0 aliphatic carbocycles. The van der Waals surface area contributed by atoms with Crippen LogP contribution in [0.2, 0.25) is 0 Å². The normalized spacial score (nSPS) is 11.7. The van der Waals surface area contributed by atoms with Crippen molar-refractivity contribution < 1.29 is 8.94 Å². The lowest BCUT2D eigenvalue weighted by atomic mass is 9.87. The Bertz CT molecular complexity index is 1090. The van der Waals surface area contributed by atoms with Crippen molar-refractivity contribution in [2.75, 3.05) is 0 Å². The summed E-state index contributed by atoms with van der Waals surface area (Å²) in [5.74, 6) is 2.27. The molecule has 0 atom stereocenters. The Morgan fingerprint density at radius 1 is 0.931 bits per heavy atom. The van der Waals surface area contributed by atoms with Crippen LogP contribution < -0.4 is 0 Å². The number of benzene rings is 2. The fraction of sp³-hybridized carbons (Fsp3) is 0.261. The van der Waals surface area contributed by atoms with Crippen molar-refractivity contribution in [3.8, 4) is 22.7 Å². The zero-order valence-electron chi connectivity index (χ0n) is 17.0. The summed E-state index contributed by atoms with van der Waals surface area (Å²) in [6.07, 6.45) is 0. The molecule has 0 fully saturated rings. The molecule has 29 heavy (non-hydrogen) atoms. The summed E-state index contributed by atoms with van der Waals surface area (Å²) in [6, 6.07) is 18.5. The molecule has 0 bridgehead atoms. The average Bonchev–Trinajstić information content (AvgIpc) is 3.33. The molecule has 0 unspecified atom stereocenters. The van der Waals surface area contributed by atoms with Crippen molar-refractivity contribution in [3.63, 3.8) is 0 Å². The molecule has 0 aliphatic heterocycles. The van der Waals surface area contributed by atoms with Crippen molar-refractivity contribution in [3.05, 3.63) is 71.8 Å². The Hall–Kier alpha value is -2.86. The monoisotopic (exact) mass is 405 g/mol. The second-order valence-electron chi connectivity index (χ2n) is 7.89. The van der Waals surface area contributed by atoms with Crippen molar-refractivity contribution in [1.29, 1.82) is 0 Å². The molecular formula is C23H23N3O2S. The van der Waals surface area contributed by atoms with Crippen LogP contribution in [0.25, 0.3) is 22.7 Å². The van der Waals surface area contributed by atoms with Crippen LogP contribution in [0.3, 0.4) is 0 Å². The highest BCUT2D eigenvalue weighted by molar-refractivity contribution is 7.98. The molecule has 2 aromatic carbocycles. The summed E-state index contributed by atoms with van der Waals surface area (Å²) in [5, 5.41) is 12.6. The van der Waals surface area contributed by atoms with Gasteiger partial charge in [-0.1, -0.05) is 68.4 Å². The smallest absolute Gasteiger partial charge is 0.253 e. The average molecular weight is 406 g/mol. The molecule has 2 heterocycles. The highest BCUT2D eigenvalue weighted by Gasteiger charge is 2.22. The molecule has 0 saturated heterocycles. The van der Waals surface area contributed by atoms with E-state index in [4.69, 9.17) is 8.94 Å². The molecule has 0 radical (unpaired) electrons. The van der Waals surface area contributed by atoms with Crippen molar-refractivity contribution >= 4 is 11.8 Å². The van der Waals surface area contributed by atoms with E-state index in [9.17, 15) is 0 Å². The molecule has 148 valence electrons. The van der Waals surface area contributed by atoms with Gasteiger partial charge in [-0.15, -0.1) is 22.0 Å². The number of aryl methyl sites for hydroxylation is 1. The van der Waals surface area contributed by atoms with Crippen LogP contribution in [-0.2, 0) is 11.2 Å². The van der Waals surface area contributed by atoms with Crippen molar-refractivity contribution in [1.82, 2.24) is 15.4 Å². The molecule has 0 amide bonds. The topological polar surface area (TPSA) is 65.0 Å². The Labute approximate surface area is 174 Å². The van der Waals surface area contributed by atoms with E-state index in [1.54, 1.807) is 11.8 Å². The SMILES string of the molecule is Cc1onc(-c2ccccc2)c1-c1nnc(CSc2ccc(C(C)(C)C)cc2)o1. The molecule has 4 aromatic rings. The molecule has 0 aliphatic rings. The third-order valence-corrected chi connectivity index (χ3v) is 5.67. The maximum absolute atomic E-state index is 5.93. The van der Waals surface area contributed by atoms with E-state index >= 15 is 0 Å². The third kappa shape index (κ3) is 4.27. The molecule has 4 rings (SSSR count). The van der Waals surface area contributed by atoms with Gasteiger partial charge >= 0.3 is 0 Å². The quantitative estimate of drug-likeness (QED) is 0.364. The number of aromatic nitrogens is 3. The zero-order valence-corrected chi connectivity index (χ0v) is 17.8. The molecule has 0 spiro atoms. The van der Waals surface area contributed by atoms with Gasteiger partial charge < -0.3 is 8.94 Å². The van der Waals surface area contributed by atoms with Crippen LogP contribution in [0.15, 0.2) is 68.4 Å². The van der Waals surface area contributed by atoms with Gasteiger partial charge in [-0.05, 0) is 30.0 Å².